The maximum Gasteiger partial charge on any atom is 0.164 e. The molecule has 5 aliphatic rings. The van der Waals surface area contributed by atoms with Crippen molar-refractivity contribution in [1.29, 1.82) is 0 Å². The van der Waals surface area contributed by atoms with Crippen LogP contribution >= 0.6 is 0 Å². The van der Waals surface area contributed by atoms with Gasteiger partial charge in [-0.05, 0) is 68.5 Å². The van der Waals surface area contributed by atoms with E-state index in [1.54, 1.807) is 0 Å². The molecule has 1 aromatic rings. The lowest BCUT2D eigenvalue weighted by Gasteiger charge is -2.44. The van der Waals surface area contributed by atoms with Gasteiger partial charge in [0.05, 0.1) is 0 Å². The standard InChI is InChI=1S/C22H27NO/c24-21-14-22(20-4-2-1-3-19(20)21)9-11-23(12-10-22)15-18-13-16-5-7-17(18)8-6-16/h1-5,7,16-18H,6,8-15H2/t16-,17-,18-/m0/s1. The molecule has 3 atom stereocenters. The van der Waals surface area contributed by atoms with Gasteiger partial charge < -0.3 is 4.90 Å². The Labute approximate surface area is 144 Å². The second kappa shape index (κ2) is 5.56. The highest BCUT2D eigenvalue weighted by Gasteiger charge is 2.45. The molecule has 0 radical (unpaired) electrons. The monoisotopic (exact) mass is 321 g/mol. The lowest BCUT2D eigenvalue weighted by Crippen LogP contribution is -2.45. The van der Waals surface area contributed by atoms with Gasteiger partial charge in [0.1, 0.15) is 0 Å². The third-order valence-electron chi connectivity index (χ3n) is 7.32. The van der Waals surface area contributed by atoms with Crippen LogP contribution in [0.5, 0.6) is 0 Å². The predicted octanol–water partition coefficient (Wildman–Crippen LogP) is 4.21. The second-order valence-electron chi connectivity index (χ2n) is 8.61. The minimum Gasteiger partial charge on any atom is -0.303 e. The molecule has 24 heavy (non-hydrogen) atoms. The summed E-state index contributed by atoms with van der Waals surface area (Å²) in [6.07, 6.45) is 12.3. The Morgan fingerprint density at radius 1 is 1.08 bits per heavy atom. The number of hydrogen-bond donors (Lipinski definition) is 0. The molecule has 2 bridgehead atoms. The van der Waals surface area contributed by atoms with Gasteiger partial charge in [-0.3, -0.25) is 4.79 Å². The summed E-state index contributed by atoms with van der Waals surface area (Å²) in [6.45, 7) is 3.61. The summed E-state index contributed by atoms with van der Waals surface area (Å²) < 4.78 is 0. The Morgan fingerprint density at radius 2 is 1.92 bits per heavy atom. The summed E-state index contributed by atoms with van der Waals surface area (Å²) in [6, 6.07) is 8.36. The molecule has 126 valence electrons. The number of ketones is 1. The molecule has 1 saturated heterocycles. The number of allylic oxidation sites excluding steroid dienone is 2. The number of nitrogens with zero attached hydrogens (tertiary/aromatic N) is 1. The van der Waals surface area contributed by atoms with E-state index in [0.29, 0.717) is 5.78 Å². The first-order valence-corrected chi connectivity index (χ1v) is 9.77. The summed E-state index contributed by atoms with van der Waals surface area (Å²) in [7, 11) is 0. The number of rotatable bonds is 2. The molecule has 1 aromatic carbocycles. The van der Waals surface area contributed by atoms with E-state index < -0.39 is 0 Å². The van der Waals surface area contributed by atoms with Crippen LogP contribution in [-0.4, -0.2) is 30.3 Å². The van der Waals surface area contributed by atoms with E-state index >= 15 is 0 Å². The Morgan fingerprint density at radius 3 is 2.62 bits per heavy atom. The molecule has 6 rings (SSSR count). The molecule has 0 aromatic heterocycles. The second-order valence-corrected chi connectivity index (χ2v) is 8.61. The van der Waals surface area contributed by atoms with Crippen LogP contribution in [0.25, 0.3) is 0 Å². The summed E-state index contributed by atoms with van der Waals surface area (Å²) in [5.74, 6) is 2.93. The third kappa shape index (κ3) is 2.30. The van der Waals surface area contributed by atoms with Crippen molar-refractivity contribution < 1.29 is 4.79 Å². The molecule has 0 unspecified atom stereocenters. The summed E-state index contributed by atoms with van der Waals surface area (Å²) in [5, 5.41) is 0. The molecule has 1 heterocycles. The van der Waals surface area contributed by atoms with Gasteiger partial charge in [-0.2, -0.15) is 0 Å². The van der Waals surface area contributed by atoms with E-state index in [4.69, 9.17) is 0 Å². The van der Waals surface area contributed by atoms with E-state index in [-0.39, 0.29) is 5.41 Å². The number of likely N-dealkylation sites (tertiary alicyclic amines) is 1. The average molecular weight is 321 g/mol. The van der Waals surface area contributed by atoms with Crippen molar-refractivity contribution in [3.8, 4) is 0 Å². The summed E-state index contributed by atoms with van der Waals surface area (Å²) in [4.78, 5) is 15.1. The van der Waals surface area contributed by atoms with Crippen molar-refractivity contribution in [3.05, 3.63) is 47.5 Å². The number of carbonyl (C=O) groups excluding carboxylic acids is 1. The minimum absolute atomic E-state index is 0.148. The third-order valence-corrected chi connectivity index (χ3v) is 7.32. The Bertz CT molecular complexity index is 683. The zero-order valence-corrected chi connectivity index (χ0v) is 14.4. The van der Waals surface area contributed by atoms with Crippen molar-refractivity contribution in [1.82, 2.24) is 4.90 Å². The molecule has 1 saturated carbocycles. The van der Waals surface area contributed by atoms with E-state index in [1.807, 2.05) is 12.1 Å². The molecule has 0 N–H and O–H groups in total. The van der Waals surface area contributed by atoms with Gasteiger partial charge in [0, 0.05) is 23.9 Å². The van der Waals surface area contributed by atoms with Gasteiger partial charge in [-0.15, -0.1) is 0 Å². The summed E-state index contributed by atoms with van der Waals surface area (Å²) >= 11 is 0. The highest BCUT2D eigenvalue weighted by Crippen LogP contribution is 2.47. The molecule has 0 amide bonds. The van der Waals surface area contributed by atoms with Gasteiger partial charge >= 0.3 is 0 Å². The Balaban J connectivity index is 1.27. The highest BCUT2D eigenvalue weighted by atomic mass is 16.1. The zero-order chi connectivity index (χ0) is 16.1. The number of piperidine rings is 1. The maximum absolute atomic E-state index is 12.4. The largest absolute Gasteiger partial charge is 0.303 e. The lowest BCUT2D eigenvalue weighted by molar-refractivity contribution is 0.0870. The van der Waals surface area contributed by atoms with Crippen LogP contribution in [0.15, 0.2) is 36.4 Å². The van der Waals surface area contributed by atoms with E-state index in [0.717, 1.165) is 42.6 Å². The normalized spacial score (nSPS) is 34.0. The van der Waals surface area contributed by atoms with E-state index in [1.165, 1.54) is 44.5 Å². The van der Waals surface area contributed by atoms with Crippen molar-refractivity contribution in [2.24, 2.45) is 17.8 Å². The van der Waals surface area contributed by atoms with Crippen molar-refractivity contribution in [2.75, 3.05) is 19.6 Å². The number of Topliss-reactive ketones (excluding diaryl/α,β-unsaturated/α-hetero) is 1. The molecule has 2 nitrogen and oxygen atoms in total. The highest BCUT2D eigenvalue weighted by molar-refractivity contribution is 6.02. The SMILES string of the molecule is O=C1CC2(CCN(C[C@@H]3C[C@H]4C=C[C@H]3CC4)CC2)c2ccccc21. The molecule has 1 aliphatic heterocycles. The van der Waals surface area contributed by atoms with Crippen LogP contribution in [0, 0.1) is 17.8 Å². The molecular weight excluding hydrogens is 294 g/mol. The van der Waals surface area contributed by atoms with Crippen molar-refractivity contribution in [2.45, 2.75) is 43.9 Å². The zero-order valence-electron chi connectivity index (χ0n) is 14.4. The predicted molar refractivity (Wildman–Crippen MR) is 96.2 cm³/mol. The molecule has 1 spiro atoms. The van der Waals surface area contributed by atoms with Crippen LogP contribution in [0.4, 0.5) is 0 Å². The minimum atomic E-state index is 0.148. The van der Waals surface area contributed by atoms with Crippen LogP contribution in [0.1, 0.15) is 54.4 Å². The van der Waals surface area contributed by atoms with Gasteiger partial charge in [-0.1, -0.05) is 36.4 Å². The Hall–Kier alpha value is -1.41. The van der Waals surface area contributed by atoms with Crippen LogP contribution in [-0.2, 0) is 5.41 Å². The van der Waals surface area contributed by atoms with Crippen LogP contribution in [0.2, 0.25) is 0 Å². The quantitative estimate of drug-likeness (QED) is 0.761. The van der Waals surface area contributed by atoms with Gasteiger partial charge in [0.2, 0.25) is 0 Å². The number of hydrogen-bond acceptors (Lipinski definition) is 2. The maximum atomic E-state index is 12.4. The first kappa shape index (κ1) is 14.9. The van der Waals surface area contributed by atoms with Gasteiger partial charge in [0.25, 0.3) is 0 Å². The van der Waals surface area contributed by atoms with Gasteiger partial charge in [-0.25, -0.2) is 0 Å². The topological polar surface area (TPSA) is 20.3 Å². The molecule has 4 aliphatic carbocycles. The van der Waals surface area contributed by atoms with Crippen LogP contribution in [0.3, 0.4) is 0 Å². The molecular formula is C22H27NO. The van der Waals surface area contributed by atoms with Crippen molar-refractivity contribution >= 4 is 5.78 Å². The fraction of sp³-hybridized carbons (Fsp3) is 0.591. The van der Waals surface area contributed by atoms with Crippen LogP contribution < -0.4 is 0 Å². The Kier molecular flexibility index (Phi) is 3.45. The smallest absolute Gasteiger partial charge is 0.164 e. The fourth-order valence-corrected chi connectivity index (χ4v) is 5.89. The first-order chi connectivity index (χ1) is 11.7. The van der Waals surface area contributed by atoms with Gasteiger partial charge in [0.15, 0.2) is 5.78 Å². The van der Waals surface area contributed by atoms with E-state index in [9.17, 15) is 4.79 Å². The molecule has 2 fully saturated rings. The number of carbonyl (C=O) groups is 1. The summed E-state index contributed by atoms with van der Waals surface area (Å²) in [5.41, 5.74) is 2.49. The fourth-order valence-electron chi connectivity index (χ4n) is 5.89. The van der Waals surface area contributed by atoms with Crippen molar-refractivity contribution in [3.63, 3.8) is 0 Å². The number of benzene rings is 1. The van der Waals surface area contributed by atoms with E-state index in [2.05, 4.69) is 29.2 Å². The number of fused-ring (bicyclic) bond motifs is 4. The average Bonchev–Trinajstić information content (AvgIpc) is 2.91. The lowest BCUT2D eigenvalue weighted by atomic mass is 9.68. The first-order valence-electron chi connectivity index (χ1n) is 9.77. The molecule has 2 heteroatoms.